The van der Waals surface area contributed by atoms with Gasteiger partial charge in [-0.25, -0.2) is 19.3 Å². The van der Waals surface area contributed by atoms with Gasteiger partial charge in [0.1, 0.15) is 12.4 Å². The van der Waals surface area contributed by atoms with Crippen molar-refractivity contribution in [2.45, 2.75) is 13.8 Å². The summed E-state index contributed by atoms with van der Waals surface area (Å²) in [5.74, 6) is 1.87. The SMILES string of the molecule is Cc1cnc(Nc2ccccc2Cl)nc1-n1cc(N)cn1.Cc1cnc(Nc2ccccc2Cl)nc1-n1cc([N+](=O)[O-])cn1. The highest BCUT2D eigenvalue weighted by Crippen LogP contribution is 2.25. The monoisotopic (exact) mass is 630 g/mol. The Labute approximate surface area is 260 Å². The van der Waals surface area contributed by atoms with Crippen LogP contribution in [-0.4, -0.2) is 44.4 Å². The molecule has 0 radical (unpaired) electrons. The number of anilines is 5. The van der Waals surface area contributed by atoms with Crippen molar-refractivity contribution in [1.82, 2.24) is 39.5 Å². The van der Waals surface area contributed by atoms with E-state index >= 15 is 0 Å². The fraction of sp³-hybridized carbons (Fsp3) is 0.0714. The fourth-order valence-electron chi connectivity index (χ4n) is 3.79. The summed E-state index contributed by atoms with van der Waals surface area (Å²) in [6.07, 6.45) is 9.07. The zero-order valence-electron chi connectivity index (χ0n) is 23.3. The molecule has 6 aromatic rings. The maximum atomic E-state index is 10.8. The number of halogens is 2. The molecular formula is C28H24Cl2N12O2. The summed E-state index contributed by atoms with van der Waals surface area (Å²) in [5.41, 5.74) is 9.19. The van der Waals surface area contributed by atoms with E-state index in [1.165, 1.54) is 17.1 Å². The summed E-state index contributed by atoms with van der Waals surface area (Å²) in [6, 6.07) is 14.6. The Hall–Kier alpha value is -5.60. The van der Waals surface area contributed by atoms with E-state index in [2.05, 4.69) is 40.8 Å². The van der Waals surface area contributed by atoms with E-state index in [1.807, 2.05) is 37.3 Å². The summed E-state index contributed by atoms with van der Waals surface area (Å²) in [5, 5.41) is 26.1. The number of para-hydroxylation sites is 2. The van der Waals surface area contributed by atoms with Gasteiger partial charge in [-0.3, -0.25) is 10.1 Å². The minimum absolute atomic E-state index is 0.108. The van der Waals surface area contributed by atoms with Gasteiger partial charge in [0.25, 0.3) is 0 Å². The van der Waals surface area contributed by atoms with E-state index in [0.717, 1.165) is 16.8 Å². The molecule has 14 nitrogen and oxygen atoms in total. The van der Waals surface area contributed by atoms with Crippen LogP contribution in [0.25, 0.3) is 11.6 Å². The van der Waals surface area contributed by atoms with Gasteiger partial charge < -0.3 is 16.4 Å². The van der Waals surface area contributed by atoms with Crippen LogP contribution in [0, 0.1) is 24.0 Å². The van der Waals surface area contributed by atoms with Gasteiger partial charge in [0.05, 0.1) is 44.4 Å². The van der Waals surface area contributed by atoms with Gasteiger partial charge in [0, 0.05) is 23.5 Å². The van der Waals surface area contributed by atoms with Crippen molar-refractivity contribution < 1.29 is 4.92 Å². The number of nitro groups is 1. The summed E-state index contributed by atoms with van der Waals surface area (Å²) in [4.78, 5) is 27.5. The van der Waals surface area contributed by atoms with E-state index in [0.29, 0.717) is 45.0 Å². The number of rotatable bonds is 7. The highest BCUT2D eigenvalue weighted by atomic mass is 35.5. The van der Waals surface area contributed by atoms with Crippen molar-refractivity contribution in [3.05, 3.63) is 117 Å². The molecule has 222 valence electrons. The third-order valence-corrected chi connectivity index (χ3v) is 6.61. The molecule has 44 heavy (non-hydrogen) atoms. The van der Waals surface area contributed by atoms with Crippen LogP contribution in [0.3, 0.4) is 0 Å². The van der Waals surface area contributed by atoms with Gasteiger partial charge in [-0.1, -0.05) is 47.5 Å². The predicted octanol–water partition coefficient (Wildman–Crippen LogP) is 6.23. The smallest absolute Gasteiger partial charge is 0.307 e. The maximum absolute atomic E-state index is 10.8. The first kappa shape index (κ1) is 29.9. The molecule has 0 atom stereocenters. The van der Waals surface area contributed by atoms with E-state index in [1.54, 1.807) is 54.6 Å². The molecule has 4 heterocycles. The Morgan fingerprint density at radius 3 is 1.66 bits per heavy atom. The highest BCUT2D eigenvalue weighted by Gasteiger charge is 2.14. The van der Waals surface area contributed by atoms with Crippen molar-refractivity contribution in [2.75, 3.05) is 16.4 Å². The molecule has 4 aromatic heterocycles. The molecule has 0 saturated heterocycles. The van der Waals surface area contributed by atoms with Crippen molar-refractivity contribution in [1.29, 1.82) is 0 Å². The van der Waals surface area contributed by atoms with Crippen LogP contribution in [0.2, 0.25) is 10.0 Å². The molecule has 0 aliphatic rings. The number of nitrogen functional groups attached to an aromatic ring is 1. The van der Waals surface area contributed by atoms with E-state index < -0.39 is 4.92 Å². The number of hydrogen-bond donors (Lipinski definition) is 3. The number of benzene rings is 2. The maximum Gasteiger partial charge on any atom is 0.307 e. The van der Waals surface area contributed by atoms with Crippen LogP contribution in [0.15, 0.2) is 85.7 Å². The molecule has 2 aromatic carbocycles. The summed E-state index contributed by atoms with van der Waals surface area (Å²) in [6.45, 7) is 3.70. The zero-order valence-corrected chi connectivity index (χ0v) is 24.8. The Balaban J connectivity index is 0.000000175. The lowest BCUT2D eigenvalue weighted by Crippen LogP contribution is -2.06. The summed E-state index contributed by atoms with van der Waals surface area (Å²) >= 11 is 12.2. The summed E-state index contributed by atoms with van der Waals surface area (Å²) in [7, 11) is 0. The zero-order chi connectivity index (χ0) is 31.2. The van der Waals surface area contributed by atoms with E-state index in [-0.39, 0.29) is 5.69 Å². The first-order valence-corrected chi connectivity index (χ1v) is 13.6. The Bertz CT molecular complexity index is 1940. The quantitative estimate of drug-likeness (QED) is 0.134. The molecular weight excluding hydrogens is 607 g/mol. The fourth-order valence-corrected chi connectivity index (χ4v) is 4.16. The van der Waals surface area contributed by atoms with E-state index in [4.69, 9.17) is 28.9 Å². The van der Waals surface area contributed by atoms with Crippen LogP contribution in [0.5, 0.6) is 0 Å². The lowest BCUT2D eigenvalue weighted by Gasteiger charge is -2.09. The Morgan fingerprint density at radius 1 is 0.750 bits per heavy atom. The Kier molecular flexibility index (Phi) is 8.93. The number of aryl methyl sites for hydroxylation is 2. The van der Waals surface area contributed by atoms with Crippen LogP contribution in [-0.2, 0) is 0 Å². The van der Waals surface area contributed by atoms with Crippen molar-refractivity contribution >= 4 is 57.8 Å². The number of nitrogens with one attached hydrogen (secondary N) is 2. The number of aromatic nitrogens is 8. The normalized spacial score (nSPS) is 10.5. The highest BCUT2D eigenvalue weighted by molar-refractivity contribution is 6.33. The lowest BCUT2D eigenvalue weighted by atomic mass is 10.3. The Morgan fingerprint density at radius 2 is 1.23 bits per heavy atom. The van der Waals surface area contributed by atoms with Crippen molar-refractivity contribution in [3.63, 3.8) is 0 Å². The van der Waals surface area contributed by atoms with Crippen LogP contribution >= 0.6 is 23.2 Å². The molecule has 0 spiro atoms. The molecule has 16 heteroatoms. The van der Waals surface area contributed by atoms with Gasteiger partial charge in [-0.05, 0) is 38.1 Å². The molecule has 0 unspecified atom stereocenters. The van der Waals surface area contributed by atoms with Gasteiger partial charge in [0.15, 0.2) is 11.6 Å². The number of nitrogens with two attached hydrogens (primary N) is 1. The van der Waals surface area contributed by atoms with Gasteiger partial charge >= 0.3 is 5.69 Å². The van der Waals surface area contributed by atoms with Crippen molar-refractivity contribution in [3.8, 4) is 11.6 Å². The molecule has 0 aliphatic carbocycles. The molecule has 4 N–H and O–H groups in total. The third kappa shape index (κ3) is 7.06. The van der Waals surface area contributed by atoms with Gasteiger partial charge in [0.2, 0.25) is 11.9 Å². The first-order valence-electron chi connectivity index (χ1n) is 12.9. The number of hydrogen-bond acceptors (Lipinski definition) is 11. The average Bonchev–Trinajstić information content (AvgIpc) is 3.68. The second-order valence-electron chi connectivity index (χ2n) is 9.23. The minimum Gasteiger partial charge on any atom is -0.396 e. The lowest BCUT2D eigenvalue weighted by molar-refractivity contribution is -0.384. The molecule has 0 aliphatic heterocycles. The molecule has 0 amide bonds. The second-order valence-corrected chi connectivity index (χ2v) is 10.0. The molecule has 0 fully saturated rings. The average molecular weight is 631 g/mol. The predicted molar refractivity (Wildman–Crippen MR) is 168 cm³/mol. The van der Waals surface area contributed by atoms with Crippen molar-refractivity contribution in [2.24, 2.45) is 0 Å². The first-order chi connectivity index (χ1) is 21.2. The standard InChI is InChI=1S/C14H11ClN6O2.C14H13ClN6/c1-9-6-16-14(18-12-5-3-2-4-11(12)15)19-13(9)20-8-10(7-17-20)21(22)23;1-9-6-17-14(19-12-5-3-2-4-11(12)15)20-13(9)21-8-10(16)7-18-21/h2-8H,1H3,(H,16,18,19);2-8H,16H2,1H3,(H,17,19,20). The third-order valence-electron chi connectivity index (χ3n) is 5.95. The van der Waals surface area contributed by atoms with Crippen LogP contribution < -0.4 is 16.4 Å². The molecule has 0 saturated carbocycles. The van der Waals surface area contributed by atoms with Crippen LogP contribution in [0.1, 0.15) is 11.1 Å². The molecule has 0 bridgehead atoms. The second kappa shape index (κ2) is 13.1. The van der Waals surface area contributed by atoms with Gasteiger partial charge in [-0.15, -0.1) is 0 Å². The van der Waals surface area contributed by atoms with E-state index in [9.17, 15) is 10.1 Å². The van der Waals surface area contributed by atoms with Gasteiger partial charge in [-0.2, -0.15) is 20.2 Å². The minimum atomic E-state index is -0.511. The number of nitrogens with zero attached hydrogens (tertiary/aromatic N) is 9. The topological polar surface area (TPSA) is 180 Å². The molecule has 6 rings (SSSR count). The largest absolute Gasteiger partial charge is 0.396 e. The summed E-state index contributed by atoms with van der Waals surface area (Å²) < 4.78 is 2.96. The van der Waals surface area contributed by atoms with Crippen LogP contribution in [0.4, 0.5) is 34.6 Å².